The highest BCUT2D eigenvalue weighted by Gasteiger charge is 2.30. The monoisotopic (exact) mass is 271 g/mol. The molecule has 1 aromatic rings. The molecular weight excluding hydrogens is 250 g/mol. The number of hydrogen-bond acceptors (Lipinski definition) is 4. The molecule has 2 amide bonds. The van der Waals surface area contributed by atoms with Crippen LogP contribution in [0.1, 0.15) is 27.7 Å². The smallest absolute Gasteiger partial charge is 0.321 e. The van der Waals surface area contributed by atoms with Gasteiger partial charge in [-0.15, -0.1) is 11.3 Å². The number of hydrogen-bond donors (Lipinski definition) is 3. The molecule has 0 aliphatic rings. The molecule has 1 unspecified atom stereocenters. The van der Waals surface area contributed by atoms with Crippen molar-refractivity contribution >= 4 is 22.5 Å². The molecule has 1 aromatic heterocycles. The van der Waals surface area contributed by atoms with Gasteiger partial charge in [0.25, 0.3) is 0 Å². The van der Waals surface area contributed by atoms with Crippen molar-refractivity contribution in [1.82, 2.24) is 10.3 Å². The third-order valence-electron chi connectivity index (χ3n) is 2.79. The Bertz CT molecular complexity index is 377. The molecule has 0 aliphatic heterocycles. The van der Waals surface area contributed by atoms with Crippen molar-refractivity contribution < 1.29 is 9.90 Å². The maximum atomic E-state index is 11.6. The highest BCUT2D eigenvalue weighted by Crippen LogP contribution is 2.25. The van der Waals surface area contributed by atoms with Gasteiger partial charge in [0.1, 0.15) is 0 Å². The first-order valence-electron chi connectivity index (χ1n) is 5.95. The van der Waals surface area contributed by atoms with Crippen LogP contribution in [0.25, 0.3) is 0 Å². The molecule has 0 radical (unpaired) electrons. The molecule has 5 nitrogen and oxygen atoms in total. The highest BCUT2D eigenvalue weighted by molar-refractivity contribution is 7.13. The van der Waals surface area contributed by atoms with E-state index in [1.54, 1.807) is 11.6 Å². The molecule has 0 saturated heterocycles. The van der Waals surface area contributed by atoms with Crippen LogP contribution in [0.3, 0.4) is 0 Å². The van der Waals surface area contributed by atoms with Crippen LogP contribution in [0.15, 0.2) is 11.6 Å². The number of aliphatic hydroxyl groups excluding tert-OH is 1. The van der Waals surface area contributed by atoms with Crippen molar-refractivity contribution in [2.75, 3.05) is 11.9 Å². The fourth-order valence-corrected chi connectivity index (χ4v) is 2.27. The van der Waals surface area contributed by atoms with E-state index in [0.717, 1.165) is 0 Å². The van der Waals surface area contributed by atoms with E-state index in [0.29, 0.717) is 11.7 Å². The van der Waals surface area contributed by atoms with Crippen LogP contribution in [0.5, 0.6) is 0 Å². The topological polar surface area (TPSA) is 74.2 Å². The number of aliphatic hydroxyl groups is 1. The third kappa shape index (κ3) is 4.27. The van der Waals surface area contributed by atoms with Crippen molar-refractivity contribution in [3.05, 3.63) is 11.6 Å². The molecule has 0 fully saturated rings. The lowest BCUT2D eigenvalue weighted by Gasteiger charge is -2.33. The van der Waals surface area contributed by atoms with Gasteiger partial charge in [0.15, 0.2) is 5.13 Å². The average Bonchev–Trinajstić information content (AvgIpc) is 2.78. The SMILES string of the molecule is CC(C)C(O)C(C)(C)CNC(=O)Nc1nccs1. The Hall–Kier alpha value is -1.14. The average molecular weight is 271 g/mol. The van der Waals surface area contributed by atoms with E-state index in [2.05, 4.69) is 15.6 Å². The summed E-state index contributed by atoms with van der Waals surface area (Å²) < 4.78 is 0. The summed E-state index contributed by atoms with van der Waals surface area (Å²) in [5.41, 5.74) is -0.367. The van der Waals surface area contributed by atoms with Gasteiger partial charge >= 0.3 is 6.03 Å². The van der Waals surface area contributed by atoms with E-state index in [-0.39, 0.29) is 17.4 Å². The number of nitrogens with zero attached hydrogens (tertiary/aromatic N) is 1. The lowest BCUT2D eigenvalue weighted by molar-refractivity contribution is 0.0154. The number of rotatable bonds is 5. The van der Waals surface area contributed by atoms with Crippen LogP contribution in [-0.2, 0) is 0 Å². The summed E-state index contributed by atoms with van der Waals surface area (Å²) >= 11 is 1.36. The molecule has 6 heteroatoms. The number of urea groups is 1. The minimum atomic E-state index is -0.460. The zero-order chi connectivity index (χ0) is 13.8. The van der Waals surface area contributed by atoms with E-state index >= 15 is 0 Å². The summed E-state index contributed by atoms with van der Waals surface area (Å²) in [5.74, 6) is 0.156. The molecule has 3 N–H and O–H groups in total. The molecule has 1 rings (SSSR count). The first-order chi connectivity index (χ1) is 8.33. The van der Waals surface area contributed by atoms with E-state index < -0.39 is 6.10 Å². The van der Waals surface area contributed by atoms with Crippen molar-refractivity contribution in [3.8, 4) is 0 Å². The number of carbonyl (C=O) groups is 1. The van der Waals surface area contributed by atoms with Crippen molar-refractivity contribution in [3.63, 3.8) is 0 Å². The Kier molecular flexibility index (Phi) is 5.10. The van der Waals surface area contributed by atoms with Gasteiger partial charge in [0.05, 0.1) is 6.10 Å². The second kappa shape index (κ2) is 6.15. The van der Waals surface area contributed by atoms with Gasteiger partial charge in [0.2, 0.25) is 0 Å². The lowest BCUT2D eigenvalue weighted by atomic mass is 9.81. The molecule has 0 bridgehead atoms. The van der Waals surface area contributed by atoms with Crippen molar-refractivity contribution in [2.45, 2.75) is 33.8 Å². The molecule has 0 aliphatic carbocycles. The Labute approximate surface area is 112 Å². The summed E-state index contributed by atoms with van der Waals surface area (Å²) in [5, 5.41) is 17.8. The molecule has 0 aromatic carbocycles. The molecule has 102 valence electrons. The van der Waals surface area contributed by atoms with E-state index in [1.807, 2.05) is 27.7 Å². The van der Waals surface area contributed by atoms with E-state index in [9.17, 15) is 9.90 Å². The predicted octanol–water partition coefficient (Wildman–Crippen LogP) is 2.31. The number of nitrogens with one attached hydrogen (secondary N) is 2. The molecule has 0 saturated carbocycles. The molecule has 1 atom stereocenters. The van der Waals surface area contributed by atoms with Gasteiger partial charge in [-0.3, -0.25) is 5.32 Å². The number of anilines is 1. The Morgan fingerprint density at radius 2 is 2.22 bits per heavy atom. The van der Waals surface area contributed by atoms with Gasteiger partial charge in [-0.2, -0.15) is 0 Å². The predicted molar refractivity (Wildman–Crippen MR) is 73.8 cm³/mol. The highest BCUT2D eigenvalue weighted by atomic mass is 32.1. The van der Waals surface area contributed by atoms with Crippen LogP contribution in [-0.4, -0.2) is 28.8 Å². The maximum Gasteiger partial charge on any atom is 0.321 e. The standard InChI is InChI=1S/C12H21N3O2S/c1-8(2)9(16)12(3,4)7-14-10(17)15-11-13-5-6-18-11/h5-6,8-9,16H,7H2,1-4H3,(H2,13,14,15,17). The number of thiazole rings is 1. The summed E-state index contributed by atoms with van der Waals surface area (Å²) in [6.07, 6.45) is 1.17. The summed E-state index contributed by atoms with van der Waals surface area (Å²) in [6.45, 7) is 8.19. The summed E-state index contributed by atoms with van der Waals surface area (Å²) in [6, 6.07) is -0.297. The van der Waals surface area contributed by atoms with Gasteiger partial charge in [-0.05, 0) is 5.92 Å². The van der Waals surface area contributed by atoms with Crippen molar-refractivity contribution in [1.29, 1.82) is 0 Å². The number of carbonyl (C=O) groups excluding carboxylic acids is 1. The molecule has 18 heavy (non-hydrogen) atoms. The lowest BCUT2D eigenvalue weighted by Crippen LogP contribution is -2.44. The zero-order valence-electron chi connectivity index (χ0n) is 11.2. The summed E-state index contributed by atoms with van der Waals surface area (Å²) in [4.78, 5) is 15.6. The van der Waals surface area contributed by atoms with Crippen LogP contribution in [0.4, 0.5) is 9.93 Å². The Morgan fingerprint density at radius 3 is 2.72 bits per heavy atom. The van der Waals surface area contributed by atoms with Gasteiger partial charge in [-0.1, -0.05) is 27.7 Å². The molecule has 1 heterocycles. The molecule has 0 spiro atoms. The summed E-state index contributed by atoms with van der Waals surface area (Å²) in [7, 11) is 0. The largest absolute Gasteiger partial charge is 0.392 e. The van der Waals surface area contributed by atoms with Crippen LogP contribution < -0.4 is 10.6 Å². The minimum absolute atomic E-state index is 0.156. The number of aromatic nitrogens is 1. The maximum absolute atomic E-state index is 11.6. The number of amides is 2. The van der Waals surface area contributed by atoms with Gasteiger partial charge in [-0.25, -0.2) is 9.78 Å². The van der Waals surface area contributed by atoms with Gasteiger partial charge in [0, 0.05) is 23.5 Å². The third-order valence-corrected chi connectivity index (χ3v) is 3.48. The van der Waals surface area contributed by atoms with Crippen molar-refractivity contribution in [2.24, 2.45) is 11.3 Å². The van der Waals surface area contributed by atoms with Gasteiger partial charge < -0.3 is 10.4 Å². The van der Waals surface area contributed by atoms with Crippen LogP contribution >= 0.6 is 11.3 Å². The second-order valence-electron chi connectivity index (χ2n) is 5.32. The Balaban J connectivity index is 2.42. The Morgan fingerprint density at radius 1 is 1.56 bits per heavy atom. The van der Waals surface area contributed by atoms with Crippen LogP contribution in [0.2, 0.25) is 0 Å². The van der Waals surface area contributed by atoms with E-state index in [1.165, 1.54) is 11.3 Å². The first kappa shape index (κ1) is 14.9. The normalized spacial score (nSPS) is 13.4. The minimum Gasteiger partial charge on any atom is -0.392 e. The van der Waals surface area contributed by atoms with E-state index in [4.69, 9.17) is 0 Å². The fraction of sp³-hybridized carbons (Fsp3) is 0.667. The fourth-order valence-electron chi connectivity index (χ4n) is 1.74. The second-order valence-corrected chi connectivity index (χ2v) is 6.22. The van der Waals surface area contributed by atoms with Crippen LogP contribution in [0, 0.1) is 11.3 Å². The zero-order valence-corrected chi connectivity index (χ0v) is 12.0. The first-order valence-corrected chi connectivity index (χ1v) is 6.83. The quantitative estimate of drug-likeness (QED) is 0.769. The molecular formula is C12H21N3O2S.